The molecule has 0 spiro atoms. The highest BCUT2D eigenvalue weighted by Gasteiger charge is 2.29. The SMILES string of the molecule is C[C@@H]1CN(C(=O)Nc2nc3ccccc3s2)CCN1c1ncc([C@H](O)CO)cc1F. The molecular weight excluding hydrogens is 409 g/mol. The van der Waals surface area contributed by atoms with Crippen molar-refractivity contribution in [1.82, 2.24) is 14.9 Å². The Hall–Kier alpha value is -2.82. The van der Waals surface area contributed by atoms with Gasteiger partial charge in [-0.2, -0.15) is 0 Å². The molecule has 10 heteroatoms. The molecule has 8 nitrogen and oxygen atoms in total. The lowest BCUT2D eigenvalue weighted by atomic mass is 10.1. The van der Waals surface area contributed by atoms with Gasteiger partial charge in [-0.05, 0) is 25.1 Å². The largest absolute Gasteiger partial charge is 0.393 e. The highest BCUT2D eigenvalue weighted by molar-refractivity contribution is 7.22. The number of benzene rings is 1. The molecule has 0 bridgehead atoms. The average molecular weight is 431 g/mol. The molecular formula is C20H22FN5O3S. The lowest BCUT2D eigenvalue weighted by molar-refractivity contribution is 0.0951. The maximum absolute atomic E-state index is 14.6. The molecule has 2 aromatic heterocycles. The molecule has 4 rings (SSSR count). The summed E-state index contributed by atoms with van der Waals surface area (Å²) in [7, 11) is 0. The zero-order valence-electron chi connectivity index (χ0n) is 16.3. The molecule has 3 heterocycles. The molecule has 158 valence electrons. The number of carbonyl (C=O) groups is 1. The number of para-hydroxylation sites is 1. The number of urea groups is 1. The lowest BCUT2D eigenvalue weighted by Crippen LogP contribution is -2.55. The van der Waals surface area contributed by atoms with Gasteiger partial charge in [0.15, 0.2) is 16.8 Å². The number of thiazole rings is 1. The van der Waals surface area contributed by atoms with Crippen LogP contribution in [0.1, 0.15) is 18.6 Å². The van der Waals surface area contributed by atoms with Gasteiger partial charge in [0, 0.05) is 37.4 Å². The number of aliphatic hydroxyl groups excluding tert-OH is 2. The Labute approximate surface area is 176 Å². The van der Waals surface area contributed by atoms with Crippen molar-refractivity contribution < 1.29 is 19.4 Å². The van der Waals surface area contributed by atoms with Crippen LogP contribution in [0.4, 0.5) is 20.1 Å². The number of carbonyl (C=O) groups excluding carboxylic acids is 1. The molecule has 2 atom stereocenters. The van der Waals surface area contributed by atoms with Gasteiger partial charge in [-0.15, -0.1) is 0 Å². The average Bonchev–Trinajstić information content (AvgIpc) is 3.15. The van der Waals surface area contributed by atoms with E-state index in [0.717, 1.165) is 10.2 Å². The van der Waals surface area contributed by atoms with Crippen LogP contribution in [0.3, 0.4) is 0 Å². The summed E-state index contributed by atoms with van der Waals surface area (Å²) >= 11 is 1.42. The second-order valence-electron chi connectivity index (χ2n) is 7.18. The standard InChI is InChI=1S/C20H22FN5O3S/c1-12-10-25(20(29)24-19-23-15-4-2-3-5-17(15)30-19)6-7-26(12)18-14(21)8-13(9-22-18)16(28)11-27/h2-5,8-9,12,16,27-28H,6-7,10-11H2,1H3,(H,23,24,29)/t12-,16-/m1/s1. The van der Waals surface area contributed by atoms with Crippen molar-refractivity contribution in [3.63, 3.8) is 0 Å². The maximum Gasteiger partial charge on any atom is 0.323 e. The fraction of sp³-hybridized carbons (Fsp3) is 0.350. The topological polar surface area (TPSA) is 102 Å². The zero-order valence-corrected chi connectivity index (χ0v) is 17.1. The highest BCUT2D eigenvalue weighted by Crippen LogP contribution is 2.27. The van der Waals surface area contributed by atoms with E-state index in [-0.39, 0.29) is 23.5 Å². The second kappa shape index (κ2) is 8.50. The van der Waals surface area contributed by atoms with Crippen molar-refractivity contribution >= 4 is 38.5 Å². The van der Waals surface area contributed by atoms with E-state index in [1.54, 1.807) is 9.80 Å². The number of hydrogen-bond donors (Lipinski definition) is 3. The minimum Gasteiger partial charge on any atom is -0.393 e. The second-order valence-corrected chi connectivity index (χ2v) is 8.21. The molecule has 2 amide bonds. The minimum atomic E-state index is -1.17. The fourth-order valence-corrected chi connectivity index (χ4v) is 4.35. The predicted octanol–water partition coefficient (Wildman–Crippen LogP) is 2.60. The molecule has 0 aliphatic carbocycles. The van der Waals surface area contributed by atoms with Gasteiger partial charge in [-0.1, -0.05) is 23.5 Å². The monoisotopic (exact) mass is 431 g/mol. The molecule has 30 heavy (non-hydrogen) atoms. The number of amides is 2. The molecule has 1 saturated heterocycles. The van der Waals surface area contributed by atoms with Crippen LogP contribution in [-0.4, -0.2) is 63.4 Å². The van der Waals surface area contributed by atoms with Crippen LogP contribution >= 0.6 is 11.3 Å². The number of rotatable bonds is 4. The number of halogens is 1. The summed E-state index contributed by atoms with van der Waals surface area (Å²) in [6.07, 6.45) is 0.194. The van der Waals surface area contributed by atoms with Gasteiger partial charge in [0.25, 0.3) is 0 Å². The van der Waals surface area contributed by atoms with Crippen molar-refractivity contribution in [2.45, 2.75) is 19.1 Å². The summed E-state index contributed by atoms with van der Waals surface area (Å²) in [4.78, 5) is 24.7. The third kappa shape index (κ3) is 4.07. The van der Waals surface area contributed by atoms with E-state index in [0.29, 0.717) is 24.8 Å². The number of nitrogens with zero attached hydrogens (tertiary/aromatic N) is 4. The molecule has 3 N–H and O–H groups in total. The van der Waals surface area contributed by atoms with Gasteiger partial charge >= 0.3 is 6.03 Å². The molecule has 1 aromatic carbocycles. The number of nitrogens with one attached hydrogen (secondary N) is 1. The van der Waals surface area contributed by atoms with E-state index in [4.69, 9.17) is 5.11 Å². The Balaban J connectivity index is 1.41. The van der Waals surface area contributed by atoms with Gasteiger partial charge in [-0.25, -0.2) is 19.2 Å². The first kappa shape index (κ1) is 20.5. The Morgan fingerprint density at radius 2 is 2.20 bits per heavy atom. The van der Waals surface area contributed by atoms with E-state index in [9.17, 15) is 14.3 Å². The number of aliphatic hydroxyl groups is 2. The summed E-state index contributed by atoms with van der Waals surface area (Å²) in [6, 6.07) is 8.47. The van der Waals surface area contributed by atoms with E-state index in [1.165, 1.54) is 23.6 Å². The summed E-state index contributed by atoms with van der Waals surface area (Å²) in [6.45, 7) is 2.62. The highest BCUT2D eigenvalue weighted by atomic mass is 32.1. The van der Waals surface area contributed by atoms with E-state index >= 15 is 0 Å². The smallest absolute Gasteiger partial charge is 0.323 e. The number of hydrogen-bond acceptors (Lipinski definition) is 7. The number of pyridine rings is 1. The van der Waals surface area contributed by atoms with Crippen LogP contribution in [0.25, 0.3) is 10.2 Å². The van der Waals surface area contributed by atoms with Crippen molar-refractivity contribution in [3.05, 3.63) is 47.9 Å². The van der Waals surface area contributed by atoms with Crippen LogP contribution in [0, 0.1) is 5.82 Å². The van der Waals surface area contributed by atoms with Crippen LogP contribution in [0.2, 0.25) is 0 Å². The number of aromatic nitrogens is 2. The Bertz CT molecular complexity index is 1030. The van der Waals surface area contributed by atoms with Crippen molar-refractivity contribution in [2.24, 2.45) is 0 Å². The molecule has 1 aliphatic rings. The molecule has 0 unspecified atom stereocenters. The first-order valence-electron chi connectivity index (χ1n) is 9.58. The third-order valence-corrected chi connectivity index (χ3v) is 6.05. The zero-order chi connectivity index (χ0) is 21.3. The number of piperazine rings is 1. The maximum atomic E-state index is 14.6. The van der Waals surface area contributed by atoms with E-state index in [2.05, 4.69) is 15.3 Å². The molecule has 1 aliphatic heterocycles. The fourth-order valence-electron chi connectivity index (χ4n) is 3.50. The van der Waals surface area contributed by atoms with Gasteiger partial charge in [0.2, 0.25) is 0 Å². The number of anilines is 2. The van der Waals surface area contributed by atoms with Crippen molar-refractivity contribution in [3.8, 4) is 0 Å². The van der Waals surface area contributed by atoms with Crippen LogP contribution in [-0.2, 0) is 0 Å². The third-order valence-electron chi connectivity index (χ3n) is 5.10. The normalized spacial score (nSPS) is 17.9. The summed E-state index contributed by atoms with van der Waals surface area (Å²) < 4.78 is 15.6. The van der Waals surface area contributed by atoms with Crippen molar-refractivity contribution in [1.29, 1.82) is 0 Å². The Morgan fingerprint density at radius 1 is 1.40 bits per heavy atom. The summed E-state index contributed by atoms with van der Waals surface area (Å²) in [5.74, 6) is -0.401. The van der Waals surface area contributed by atoms with Crippen LogP contribution in [0.5, 0.6) is 0 Å². The van der Waals surface area contributed by atoms with E-state index in [1.807, 2.05) is 31.2 Å². The lowest BCUT2D eigenvalue weighted by Gasteiger charge is -2.40. The number of fused-ring (bicyclic) bond motifs is 1. The molecule has 1 fully saturated rings. The molecule has 0 radical (unpaired) electrons. The van der Waals surface area contributed by atoms with E-state index < -0.39 is 18.5 Å². The van der Waals surface area contributed by atoms with Gasteiger partial charge in [0.05, 0.1) is 16.8 Å². The summed E-state index contributed by atoms with van der Waals surface area (Å²) in [5, 5.41) is 22.0. The summed E-state index contributed by atoms with van der Waals surface area (Å²) in [5.41, 5.74) is 1.06. The van der Waals surface area contributed by atoms with Crippen molar-refractivity contribution in [2.75, 3.05) is 36.5 Å². The van der Waals surface area contributed by atoms with Crippen LogP contribution in [0.15, 0.2) is 36.5 Å². The van der Waals surface area contributed by atoms with Gasteiger partial charge in [0.1, 0.15) is 6.10 Å². The Morgan fingerprint density at radius 3 is 2.90 bits per heavy atom. The quantitative estimate of drug-likeness (QED) is 0.587. The predicted molar refractivity (Wildman–Crippen MR) is 113 cm³/mol. The first-order chi connectivity index (χ1) is 14.5. The van der Waals surface area contributed by atoms with Crippen LogP contribution < -0.4 is 10.2 Å². The first-order valence-corrected chi connectivity index (χ1v) is 10.4. The molecule has 0 saturated carbocycles. The van der Waals surface area contributed by atoms with Gasteiger partial charge < -0.3 is 20.0 Å². The molecule has 3 aromatic rings. The van der Waals surface area contributed by atoms with Gasteiger partial charge in [-0.3, -0.25) is 5.32 Å². The minimum absolute atomic E-state index is 0.157. The Kier molecular flexibility index (Phi) is 5.80.